The molecule has 2 N–H and O–H groups in total. The van der Waals surface area contributed by atoms with E-state index in [0.717, 1.165) is 17.0 Å². The third-order valence-corrected chi connectivity index (χ3v) is 2.87. The van der Waals surface area contributed by atoms with Gasteiger partial charge < -0.3 is 5.11 Å². The minimum atomic E-state index is -3.28. The first-order valence-electron chi connectivity index (χ1n) is 4.45. The number of H-pyrrole nitrogens is 1. The van der Waals surface area contributed by atoms with Crippen molar-refractivity contribution in [3.05, 3.63) is 32.6 Å². The summed E-state index contributed by atoms with van der Waals surface area (Å²) in [4.78, 5) is 34.8. The highest BCUT2D eigenvalue weighted by molar-refractivity contribution is 7.90. The SMILES string of the molecule is CS(=O)(=O)CCn1cc(C(=O)O)c(=O)[nH]c1=O. The van der Waals surface area contributed by atoms with Crippen LogP contribution in [0.25, 0.3) is 0 Å². The molecule has 0 saturated carbocycles. The molecule has 0 amide bonds. The van der Waals surface area contributed by atoms with Gasteiger partial charge in [0.1, 0.15) is 15.4 Å². The van der Waals surface area contributed by atoms with Crippen molar-refractivity contribution in [1.82, 2.24) is 9.55 Å². The van der Waals surface area contributed by atoms with E-state index in [4.69, 9.17) is 5.11 Å². The Balaban J connectivity index is 3.18. The smallest absolute Gasteiger partial charge is 0.342 e. The highest BCUT2D eigenvalue weighted by atomic mass is 32.2. The van der Waals surface area contributed by atoms with Gasteiger partial charge in [-0.2, -0.15) is 0 Å². The molecule has 0 aliphatic rings. The summed E-state index contributed by atoms with van der Waals surface area (Å²) < 4.78 is 22.6. The summed E-state index contributed by atoms with van der Waals surface area (Å²) in [6, 6.07) is 0. The molecule has 1 rings (SSSR count). The fourth-order valence-electron chi connectivity index (χ4n) is 1.09. The predicted octanol–water partition coefficient (Wildman–Crippen LogP) is -1.72. The van der Waals surface area contributed by atoms with Crippen LogP contribution in [0.15, 0.2) is 15.8 Å². The van der Waals surface area contributed by atoms with E-state index in [1.165, 1.54) is 0 Å². The van der Waals surface area contributed by atoms with Gasteiger partial charge in [0, 0.05) is 19.0 Å². The number of hydrogen-bond donors (Lipinski definition) is 2. The second kappa shape index (κ2) is 4.53. The van der Waals surface area contributed by atoms with Gasteiger partial charge in [-0.25, -0.2) is 18.0 Å². The maximum atomic E-state index is 11.3. The molecule has 0 saturated heterocycles. The Hall–Kier alpha value is -1.90. The van der Waals surface area contributed by atoms with Crippen molar-refractivity contribution in [2.24, 2.45) is 0 Å². The minimum Gasteiger partial charge on any atom is -0.477 e. The summed E-state index contributed by atoms with van der Waals surface area (Å²) in [6.45, 7) is -0.214. The van der Waals surface area contributed by atoms with Crippen molar-refractivity contribution in [1.29, 1.82) is 0 Å². The Morgan fingerprint density at radius 3 is 2.53 bits per heavy atom. The number of carboxylic acid groups (broad SMARTS) is 1. The molecule has 0 unspecified atom stereocenters. The van der Waals surface area contributed by atoms with Crippen LogP contribution in [0.3, 0.4) is 0 Å². The van der Waals surface area contributed by atoms with Crippen LogP contribution in [-0.2, 0) is 16.4 Å². The van der Waals surface area contributed by atoms with Crippen molar-refractivity contribution >= 4 is 15.8 Å². The van der Waals surface area contributed by atoms with E-state index < -0.39 is 32.6 Å². The molecule has 17 heavy (non-hydrogen) atoms. The van der Waals surface area contributed by atoms with Gasteiger partial charge in [0.25, 0.3) is 5.56 Å². The van der Waals surface area contributed by atoms with E-state index in [1.54, 1.807) is 4.98 Å². The highest BCUT2D eigenvalue weighted by Crippen LogP contribution is 1.90. The summed E-state index contributed by atoms with van der Waals surface area (Å²) in [5, 5.41) is 8.66. The molecule has 0 spiro atoms. The Labute approximate surface area is 95.4 Å². The Morgan fingerprint density at radius 2 is 2.06 bits per heavy atom. The lowest BCUT2D eigenvalue weighted by Crippen LogP contribution is -2.34. The molecule has 94 valence electrons. The average Bonchev–Trinajstić information content (AvgIpc) is 2.14. The van der Waals surface area contributed by atoms with Crippen LogP contribution >= 0.6 is 0 Å². The third-order valence-electron chi connectivity index (χ3n) is 1.94. The van der Waals surface area contributed by atoms with Crippen molar-refractivity contribution in [2.75, 3.05) is 12.0 Å². The number of hydrogen-bond acceptors (Lipinski definition) is 5. The molecular formula is C8H10N2O6S. The van der Waals surface area contributed by atoms with Gasteiger partial charge in [-0.3, -0.25) is 14.3 Å². The van der Waals surface area contributed by atoms with Crippen molar-refractivity contribution < 1.29 is 18.3 Å². The van der Waals surface area contributed by atoms with Crippen LogP contribution in [0.2, 0.25) is 0 Å². The predicted molar refractivity (Wildman–Crippen MR) is 58.0 cm³/mol. The average molecular weight is 262 g/mol. The molecule has 9 heteroatoms. The van der Waals surface area contributed by atoms with Gasteiger partial charge in [0.15, 0.2) is 0 Å². The fourth-order valence-corrected chi connectivity index (χ4v) is 1.62. The molecular weight excluding hydrogens is 252 g/mol. The highest BCUT2D eigenvalue weighted by Gasteiger charge is 2.12. The molecule has 8 nitrogen and oxygen atoms in total. The second-order valence-corrected chi connectivity index (χ2v) is 5.69. The lowest BCUT2D eigenvalue weighted by atomic mass is 10.3. The minimum absolute atomic E-state index is 0.214. The Morgan fingerprint density at radius 1 is 1.47 bits per heavy atom. The molecule has 0 aliphatic carbocycles. The number of aromatic carboxylic acids is 1. The number of nitrogens with one attached hydrogen (secondary N) is 1. The number of carboxylic acids is 1. The number of nitrogens with zero attached hydrogens (tertiary/aromatic N) is 1. The van der Waals surface area contributed by atoms with E-state index in [-0.39, 0.29) is 12.3 Å². The topological polar surface area (TPSA) is 126 Å². The lowest BCUT2D eigenvalue weighted by molar-refractivity contribution is 0.0693. The summed E-state index contributed by atoms with van der Waals surface area (Å²) in [5.74, 6) is -1.81. The second-order valence-electron chi connectivity index (χ2n) is 3.43. The summed E-state index contributed by atoms with van der Waals surface area (Å²) >= 11 is 0. The number of aromatic amines is 1. The summed E-state index contributed by atoms with van der Waals surface area (Å²) in [7, 11) is -3.28. The number of aryl methyl sites for hydroxylation is 1. The van der Waals surface area contributed by atoms with Crippen LogP contribution < -0.4 is 11.2 Å². The monoisotopic (exact) mass is 262 g/mol. The van der Waals surface area contributed by atoms with Crippen LogP contribution in [0.5, 0.6) is 0 Å². The van der Waals surface area contributed by atoms with Gasteiger partial charge in [-0.1, -0.05) is 0 Å². The molecule has 0 radical (unpaired) electrons. The van der Waals surface area contributed by atoms with Gasteiger partial charge in [0.05, 0.1) is 5.75 Å². The lowest BCUT2D eigenvalue weighted by Gasteiger charge is -2.04. The Bertz CT molecular complexity index is 653. The summed E-state index contributed by atoms with van der Waals surface area (Å²) in [5.41, 5.74) is -2.47. The van der Waals surface area contributed by atoms with E-state index in [1.807, 2.05) is 0 Å². The van der Waals surface area contributed by atoms with Crippen LogP contribution in [0.1, 0.15) is 10.4 Å². The first-order chi connectivity index (χ1) is 7.70. The van der Waals surface area contributed by atoms with Crippen LogP contribution in [0.4, 0.5) is 0 Å². The zero-order valence-corrected chi connectivity index (χ0v) is 9.65. The molecule has 1 aromatic rings. The van der Waals surface area contributed by atoms with Gasteiger partial charge in [-0.15, -0.1) is 0 Å². The van der Waals surface area contributed by atoms with Crippen LogP contribution in [0, 0.1) is 0 Å². The zero-order valence-electron chi connectivity index (χ0n) is 8.84. The maximum absolute atomic E-state index is 11.3. The van der Waals surface area contributed by atoms with Crippen molar-refractivity contribution in [3.8, 4) is 0 Å². The standard InChI is InChI=1S/C8H10N2O6S/c1-17(15,16)3-2-10-4-5(7(12)13)6(11)9-8(10)14/h4H,2-3H2,1H3,(H,12,13)(H,9,11,14). The molecule has 0 bridgehead atoms. The molecule has 0 atom stereocenters. The molecule has 0 fully saturated rings. The van der Waals surface area contributed by atoms with Gasteiger partial charge >= 0.3 is 11.7 Å². The number of aromatic nitrogens is 2. The van der Waals surface area contributed by atoms with E-state index in [2.05, 4.69) is 0 Å². The number of carbonyl (C=O) groups is 1. The molecule has 1 aromatic heterocycles. The maximum Gasteiger partial charge on any atom is 0.342 e. The first-order valence-corrected chi connectivity index (χ1v) is 6.51. The largest absolute Gasteiger partial charge is 0.477 e. The van der Waals surface area contributed by atoms with Crippen LogP contribution in [-0.4, -0.2) is 41.1 Å². The molecule has 1 heterocycles. The number of rotatable bonds is 4. The van der Waals surface area contributed by atoms with Crippen molar-refractivity contribution in [2.45, 2.75) is 6.54 Å². The van der Waals surface area contributed by atoms with E-state index in [0.29, 0.717) is 0 Å². The van der Waals surface area contributed by atoms with E-state index >= 15 is 0 Å². The first kappa shape index (κ1) is 13.2. The van der Waals surface area contributed by atoms with Gasteiger partial charge in [0.2, 0.25) is 0 Å². The zero-order chi connectivity index (χ0) is 13.2. The summed E-state index contributed by atoms with van der Waals surface area (Å²) in [6.07, 6.45) is 1.82. The van der Waals surface area contributed by atoms with E-state index in [9.17, 15) is 22.8 Å². The normalized spacial score (nSPS) is 11.4. The fraction of sp³-hybridized carbons (Fsp3) is 0.375. The quantitative estimate of drug-likeness (QED) is 0.664. The third kappa shape index (κ3) is 3.55. The van der Waals surface area contributed by atoms with Crippen molar-refractivity contribution in [3.63, 3.8) is 0 Å². The Kier molecular flexibility index (Phi) is 3.51. The number of sulfone groups is 1. The molecule has 0 aliphatic heterocycles. The van der Waals surface area contributed by atoms with Gasteiger partial charge in [-0.05, 0) is 0 Å². The molecule has 0 aromatic carbocycles.